The largest absolute Gasteiger partial charge is 0.497 e. The lowest BCUT2D eigenvalue weighted by Gasteiger charge is -2.20. The summed E-state index contributed by atoms with van der Waals surface area (Å²) in [7, 11) is 0.934. The van der Waals surface area contributed by atoms with E-state index in [1.165, 1.54) is 23.9 Å². The Hall–Kier alpha value is -4.02. The average molecular weight is 535 g/mol. The summed E-state index contributed by atoms with van der Waals surface area (Å²) in [5, 5.41) is 0. The molecule has 0 fully saturated rings. The molecule has 0 saturated heterocycles. The maximum absolute atomic E-state index is 13.3. The first-order valence-corrected chi connectivity index (χ1v) is 13.3. The van der Waals surface area contributed by atoms with Gasteiger partial charge in [-0.15, -0.1) is 0 Å². The van der Waals surface area contributed by atoms with Gasteiger partial charge in [0.05, 0.1) is 24.1 Å². The van der Waals surface area contributed by atoms with Gasteiger partial charge < -0.3 is 14.1 Å². The lowest BCUT2D eigenvalue weighted by Crippen LogP contribution is -2.28. The fraction of sp³-hybridized carbons (Fsp3) is 0.250. The van der Waals surface area contributed by atoms with Crippen LogP contribution in [-0.2, 0) is 23.1 Å². The molecule has 0 radical (unpaired) electrons. The van der Waals surface area contributed by atoms with Crippen molar-refractivity contribution in [1.82, 2.24) is 19.2 Å². The van der Waals surface area contributed by atoms with E-state index in [4.69, 9.17) is 9.15 Å². The van der Waals surface area contributed by atoms with Crippen molar-refractivity contribution in [3.05, 3.63) is 95.5 Å². The Morgan fingerprint density at radius 3 is 2.18 bits per heavy atom. The Morgan fingerprint density at radius 2 is 1.58 bits per heavy atom. The highest BCUT2D eigenvalue weighted by molar-refractivity contribution is 7.89. The quantitative estimate of drug-likeness (QED) is 0.312. The topological polar surface area (TPSA) is 106 Å². The van der Waals surface area contributed by atoms with Crippen molar-refractivity contribution < 1.29 is 22.4 Å². The monoisotopic (exact) mass is 534 g/mol. The number of hydrogen-bond acceptors (Lipinski definition) is 7. The zero-order valence-corrected chi connectivity index (χ0v) is 22.8. The van der Waals surface area contributed by atoms with Gasteiger partial charge in [-0.05, 0) is 54.3 Å². The summed E-state index contributed by atoms with van der Waals surface area (Å²) in [5.41, 5.74) is 4.40. The van der Waals surface area contributed by atoms with Crippen molar-refractivity contribution in [2.45, 2.75) is 31.8 Å². The van der Waals surface area contributed by atoms with Crippen LogP contribution >= 0.6 is 0 Å². The van der Waals surface area contributed by atoms with Crippen molar-refractivity contribution in [1.29, 1.82) is 0 Å². The summed E-state index contributed by atoms with van der Waals surface area (Å²) in [4.78, 5) is 22.9. The third-order valence-electron chi connectivity index (χ3n) is 6.23. The second-order valence-corrected chi connectivity index (χ2v) is 11.1. The smallest absolute Gasteiger partial charge is 0.257 e. The first-order valence-electron chi connectivity index (χ1n) is 11.9. The molecule has 4 aromatic rings. The SMILES string of the molecule is COc1cc(C)c(S(=O)(=O)N(C)Cc2cc(C(=O)N(C)Cc3ccc(-c4cncnc4)cc3)co2)c(C)c1. The van der Waals surface area contributed by atoms with E-state index >= 15 is 0 Å². The van der Waals surface area contributed by atoms with Crippen molar-refractivity contribution >= 4 is 15.9 Å². The predicted octanol–water partition coefficient (Wildman–Crippen LogP) is 4.45. The number of carbonyl (C=O) groups excluding carboxylic acids is 1. The van der Waals surface area contributed by atoms with Crippen LogP contribution in [0.1, 0.15) is 32.8 Å². The van der Waals surface area contributed by atoms with Crippen molar-refractivity contribution in [3.8, 4) is 16.9 Å². The number of rotatable bonds is 9. The molecule has 0 unspecified atom stereocenters. The molecule has 2 aromatic carbocycles. The van der Waals surface area contributed by atoms with E-state index in [1.54, 1.807) is 63.5 Å². The molecular formula is C28H30N4O5S. The third-order valence-corrected chi connectivity index (χ3v) is 8.34. The Bertz CT molecular complexity index is 1510. The van der Waals surface area contributed by atoms with Gasteiger partial charge >= 0.3 is 0 Å². The molecule has 2 aromatic heterocycles. The lowest BCUT2D eigenvalue weighted by atomic mass is 10.1. The van der Waals surface area contributed by atoms with Crippen LogP contribution < -0.4 is 4.74 Å². The van der Waals surface area contributed by atoms with Gasteiger partial charge in [-0.1, -0.05) is 24.3 Å². The number of ether oxygens (including phenoxy) is 1. The second kappa shape index (κ2) is 11.2. The lowest BCUT2D eigenvalue weighted by molar-refractivity contribution is 0.0784. The fourth-order valence-electron chi connectivity index (χ4n) is 4.29. The summed E-state index contributed by atoms with van der Waals surface area (Å²) in [6.45, 7) is 3.85. The zero-order valence-electron chi connectivity index (χ0n) is 22.0. The maximum Gasteiger partial charge on any atom is 0.257 e. The number of aryl methyl sites for hydroxylation is 2. The van der Waals surface area contributed by atoms with E-state index < -0.39 is 10.0 Å². The molecule has 0 aliphatic heterocycles. The van der Waals surface area contributed by atoms with Gasteiger partial charge in [0, 0.05) is 38.6 Å². The van der Waals surface area contributed by atoms with E-state index in [0.29, 0.717) is 34.7 Å². The molecule has 0 spiro atoms. The van der Waals surface area contributed by atoms with Gasteiger partial charge in [-0.25, -0.2) is 18.4 Å². The number of aromatic nitrogens is 2. The maximum atomic E-state index is 13.3. The second-order valence-electron chi connectivity index (χ2n) is 9.14. The van der Waals surface area contributed by atoms with Crippen molar-refractivity contribution in [2.75, 3.05) is 21.2 Å². The normalized spacial score (nSPS) is 11.5. The Balaban J connectivity index is 1.42. The van der Waals surface area contributed by atoms with Gasteiger partial charge in [0.25, 0.3) is 5.91 Å². The number of furan rings is 1. The third kappa shape index (κ3) is 5.76. The number of methoxy groups -OCH3 is 1. The van der Waals surface area contributed by atoms with Crippen LogP contribution in [0.2, 0.25) is 0 Å². The van der Waals surface area contributed by atoms with Crippen LogP contribution in [0.5, 0.6) is 5.75 Å². The number of nitrogens with zero attached hydrogens (tertiary/aromatic N) is 4. The fourth-order valence-corrected chi connectivity index (χ4v) is 5.83. The van der Waals surface area contributed by atoms with Gasteiger partial charge in [0.1, 0.15) is 24.1 Å². The molecule has 0 aliphatic rings. The molecule has 0 N–H and O–H groups in total. The van der Waals surface area contributed by atoms with Crippen LogP contribution in [0.3, 0.4) is 0 Å². The van der Waals surface area contributed by atoms with Crippen LogP contribution in [-0.4, -0.2) is 54.7 Å². The number of hydrogen-bond donors (Lipinski definition) is 0. The summed E-state index contributed by atoms with van der Waals surface area (Å²) >= 11 is 0. The Morgan fingerprint density at radius 1 is 0.947 bits per heavy atom. The van der Waals surface area contributed by atoms with Crippen LogP contribution in [0.15, 0.2) is 76.8 Å². The highest BCUT2D eigenvalue weighted by Gasteiger charge is 2.27. The van der Waals surface area contributed by atoms with E-state index in [2.05, 4.69) is 9.97 Å². The van der Waals surface area contributed by atoms with Crippen LogP contribution in [0.4, 0.5) is 0 Å². The molecule has 0 saturated carbocycles. The summed E-state index contributed by atoms with van der Waals surface area (Å²) in [6, 6.07) is 12.8. The molecular weight excluding hydrogens is 504 g/mol. The molecule has 10 heteroatoms. The van der Waals surface area contributed by atoms with E-state index in [0.717, 1.165) is 16.7 Å². The zero-order chi connectivity index (χ0) is 27.4. The van der Waals surface area contributed by atoms with E-state index in [-0.39, 0.29) is 17.3 Å². The van der Waals surface area contributed by atoms with Crippen molar-refractivity contribution in [2.24, 2.45) is 0 Å². The average Bonchev–Trinajstić information content (AvgIpc) is 3.36. The summed E-state index contributed by atoms with van der Waals surface area (Å²) in [6.07, 6.45) is 6.34. The molecule has 0 aliphatic carbocycles. The first-order chi connectivity index (χ1) is 18.1. The molecule has 198 valence electrons. The predicted molar refractivity (Wildman–Crippen MR) is 143 cm³/mol. The van der Waals surface area contributed by atoms with Gasteiger partial charge in [0.2, 0.25) is 10.0 Å². The highest BCUT2D eigenvalue weighted by Crippen LogP contribution is 2.28. The molecule has 9 nitrogen and oxygen atoms in total. The van der Waals surface area contributed by atoms with E-state index in [1.807, 2.05) is 24.3 Å². The number of amides is 1. The minimum absolute atomic E-state index is 0.0189. The van der Waals surface area contributed by atoms with Gasteiger partial charge in [0.15, 0.2) is 0 Å². The number of sulfonamides is 1. The summed E-state index contributed by atoms with van der Waals surface area (Å²) in [5.74, 6) is 0.737. The molecule has 0 atom stereocenters. The number of carbonyl (C=O) groups is 1. The van der Waals surface area contributed by atoms with Gasteiger partial charge in [-0.3, -0.25) is 4.79 Å². The van der Waals surface area contributed by atoms with Gasteiger partial charge in [-0.2, -0.15) is 4.31 Å². The first kappa shape index (κ1) is 27.0. The minimum atomic E-state index is -3.80. The Kier molecular flexibility index (Phi) is 7.94. The molecule has 0 bridgehead atoms. The molecule has 4 rings (SSSR count). The van der Waals surface area contributed by atoms with Crippen LogP contribution in [0.25, 0.3) is 11.1 Å². The standard InChI is InChI=1S/C28H30N4O5S/c1-19-10-25(36-5)11-20(2)27(19)38(34,35)32(4)16-26-12-23(17-37-26)28(33)31(3)15-21-6-8-22(9-7-21)24-13-29-18-30-14-24/h6-14,17-18H,15-16H2,1-5H3. The van der Waals surface area contributed by atoms with Crippen molar-refractivity contribution in [3.63, 3.8) is 0 Å². The molecule has 38 heavy (non-hydrogen) atoms. The van der Waals surface area contributed by atoms with E-state index in [9.17, 15) is 13.2 Å². The Labute approximate surface area is 222 Å². The van der Waals surface area contributed by atoms with Crippen LogP contribution in [0, 0.1) is 13.8 Å². The molecule has 1 amide bonds. The summed E-state index contributed by atoms with van der Waals surface area (Å²) < 4.78 is 38.6. The number of benzene rings is 2. The highest BCUT2D eigenvalue weighted by atomic mass is 32.2. The minimum Gasteiger partial charge on any atom is -0.497 e. The molecule has 2 heterocycles.